The van der Waals surface area contributed by atoms with Crippen LogP contribution in [-0.4, -0.2) is 26.0 Å². The van der Waals surface area contributed by atoms with Crippen LogP contribution in [0.25, 0.3) is 0 Å². The molecule has 0 saturated heterocycles. The van der Waals surface area contributed by atoms with Crippen LogP contribution in [0.3, 0.4) is 0 Å². The quantitative estimate of drug-likeness (QED) is 0.446. The number of hydrogen-bond donors (Lipinski definition) is 3. The highest BCUT2D eigenvalue weighted by atomic mass is 16.7. The van der Waals surface area contributed by atoms with Gasteiger partial charge in [-0.1, -0.05) is 72.8 Å². The highest BCUT2D eigenvalue weighted by Gasteiger charge is 2.33. The van der Waals surface area contributed by atoms with Crippen molar-refractivity contribution in [3.8, 4) is 11.8 Å². The number of aromatic nitrogens is 1. The summed E-state index contributed by atoms with van der Waals surface area (Å²) >= 11 is 0. The first kappa shape index (κ1) is 19.3. The molecular weight excluding hydrogens is 382 g/mol. The summed E-state index contributed by atoms with van der Waals surface area (Å²) in [5.41, 5.74) is 0.724. The summed E-state index contributed by atoms with van der Waals surface area (Å²) in [4.78, 5) is 17.4. The van der Waals surface area contributed by atoms with E-state index >= 15 is 0 Å². The number of aromatic hydroxyl groups is 2. The maximum Gasteiger partial charge on any atom is 0.363 e. The summed E-state index contributed by atoms with van der Waals surface area (Å²) in [7, 11) is 0. The number of benzene rings is 3. The Labute approximate surface area is 172 Å². The normalized spacial score (nSPS) is 11.2. The molecule has 0 atom stereocenters. The van der Waals surface area contributed by atoms with E-state index in [1.165, 1.54) is 24.3 Å². The Kier molecular flexibility index (Phi) is 5.00. The van der Waals surface area contributed by atoms with E-state index in [1.807, 2.05) is 60.7 Å². The molecule has 0 fully saturated rings. The Hall–Kier alpha value is -4.03. The van der Waals surface area contributed by atoms with E-state index < -0.39 is 23.3 Å². The third-order valence-corrected chi connectivity index (χ3v) is 4.89. The molecule has 150 valence electrons. The lowest BCUT2D eigenvalue weighted by molar-refractivity contribution is 0.0381. The minimum atomic E-state index is -1.41. The SMILES string of the molecule is O=C(On1c(O)ccc1O)c1ccc(C(O)(c2ccccc2)c2ccccc2)cc1. The molecule has 0 aliphatic heterocycles. The third kappa shape index (κ3) is 3.40. The molecule has 1 heterocycles. The maximum atomic E-state index is 12.4. The zero-order valence-corrected chi connectivity index (χ0v) is 15.8. The monoisotopic (exact) mass is 401 g/mol. The lowest BCUT2D eigenvalue weighted by Crippen LogP contribution is -2.29. The van der Waals surface area contributed by atoms with Gasteiger partial charge in [0.2, 0.25) is 11.8 Å². The van der Waals surface area contributed by atoms with Gasteiger partial charge in [-0.2, -0.15) is 0 Å². The summed E-state index contributed by atoms with van der Waals surface area (Å²) < 4.78 is 0.626. The minimum absolute atomic E-state index is 0.190. The molecule has 0 radical (unpaired) electrons. The van der Waals surface area contributed by atoms with Crippen molar-refractivity contribution >= 4 is 5.97 Å². The molecule has 0 amide bonds. The lowest BCUT2D eigenvalue weighted by Gasteiger charge is -2.30. The number of rotatable bonds is 5. The Balaban J connectivity index is 1.69. The molecular formula is C24H19NO5. The van der Waals surface area contributed by atoms with Crippen LogP contribution in [0.15, 0.2) is 97.1 Å². The highest BCUT2D eigenvalue weighted by Crippen LogP contribution is 2.36. The third-order valence-electron chi connectivity index (χ3n) is 4.89. The fourth-order valence-electron chi connectivity index (χ4n) is 3.34. The number of nitrogens with zero attached hydrogens (tertiary/aromatic N) is 1. The molecule has 0 saturated carbocycles. The Morgan fingerprint density at radius 2 is 1.10 bits per heavy atom. The van der Waals surface area contributed by atoms with Crippen molar-refractivity contribution in [2.24, 2.45) is 0 Å². The number of carbonyl (C=O) groups is 1. The van der Waals surface area contributed by atoms with Gasteiger partial charge in [0.25, 0.3) is 0 Å². The van der Waals surface area contributed by atoms with Crippen molar-refractivity contribution in [1.82, 2.24) is 4.73 Å². The van der Waals surface area contributed by atoms with Gasteiger partial charge in [-0.05, 0) is 28.8 Å². The predicted molar refractivity (Wildman–Crippen MR) is 110 cm³/mol. The van der Waals surface area contributed by atoms with Gasteiger partial charge < -0.3 is 20.2 Å². The van der Waals surface area contributed by atoms with E-state index in [2.05, 4.69) is 0 Å². The van der Waals surface area contributed by atoms with Gasteiger partial charge >= 0.3 is 5.97 Å². The van der Waals surface area contributed by atoms with Gasteiger partial charge in [-0.15, -0.1) is 4.73 Å². The van der Waals surface area contributed by atoms with Crippen LogP contribution in [0.2, 0.25) is 0 Å². The van der Waals surface area contributed by atoms with Crippen molar-refractivity contribution in [2.45, 2.75) is 5.60 Å². The van der Waals surface area contributed by atoms with Gasteiger partial charge in [0.15, 0.2) is 0 Å². The average Bonchev–Trinajstić information content (AvgIpc) is 3.12. The summed E-state index contributed by atoms with van der Waals surface area (Å²) in [6.45, 7) is 0. The van der Waals surface area contributed by atoms with Gasteiger partial charge in [-0.25, -0.2) is 4.79 Å². The Bertz CT molecular complexity index is 1090. The van der Waals surface area contributed by atoms with Crippen molar-refractivity contribution < 1.29 is 25.0 Å². The molecule has 0 aliphatic rings. The Morgan fingerprint density at radius 1 is 0.667 bits per heavy atom. The van der Waals surface area contributed by atoms with Crippen molar-refractivity contribution in [3.63, 3.8) is 0 Å². The topological polar surface area (TPSA) is 91.9 Å². The summed E-state index contributed by atoms with van der Waals surface area (Å²) in [5, 5.41) is 31.0. The maximum absolute atomic E-state index is 12.4. The van der Waals surface area contributed by atoms with Crippen LogP contribution in [0, 0.1) is 0 Å². The summed E-state index contributed by atoms with van der Waals surface area (Å²) in [5.74, 6) is -1.58. The summed E-state index contributed by atoms with van der Waals surface area (Å²) in [6.07, 6.45) is 0. The fraction of sp³-hybridized carbons (Fsp3) is 0.0417. The van der Waals surface area contributed by atoms with Crippen LogP contribution in [-0.2, 0) is 5.60 Å². The van der Waals surface area contributed by atoms with Crippen LogP contribution in [0.5, 0.6) is 11.8 Å². The number of hydrogen-bond acceptors (Lipinski definition) is 5. The van der Waals surface area contributed by atoms with Crippen molar-refractivity contribution in [2.75, 3.05) is 0 Å². The second-order valence-corrected chi connectivity index (χ2v) is 6.74. The van der Waals surface area contributed by atoms with Crippen LogP contribution in [0.1, 0.15) is 27.0 Å². The van der Waals surface area contributed by atoms with E-state index in [9.17, 15) is 20.1 Å². The first-order valence-electron chi connectivity index (χ1n) is 9.26. The summed E-state index contributed by atoms with van der Waals surface area (Å²) in [6, 6.07) is 27.2. The fourth-order valence-corrected chi connectivity index (χ4v) is 3.34. The first-order chi connectivity index (χ1) is 14.5. The molecule has 1 aromatic heterocycles. The highest BCUT2D eigenvalue weighted by molar-refractivity contribution is 5.89. The second-order valence-electron chi connectivity index (χ2n) is 6.74. The van der Waals surface area contributed by atoms with Gasteiger partial charge in [0.1, 0.15) is 5.60 Å². The smallest absolute Gasteiger partial charge is 0.363 e. The molecule has 0 spiro atoms. The van der Waals surface area contributed by atoms with Crippen LogP contribution in [0.4, 0.5) is 0 Å². The number of aliphatic hydroxyl groups is 1. The van der Waals surface area contributed by atoms with E-state index in [4.69, 9.17) is 4.84 Å². The first-order valence-corrected chi connectivity index (χ1v) is 9.26. The molecule has 3 N–H and O–H groups in total. The van der Waals surface area contributed by atoms with Gasteiger partial charge in [-0.3, -0.25) is 0 Å². The predicted octanol–water partition coefficient (Wildman–Crippen LogP) is 3.45. The zero-order valence-electron chi connectivity index (χ0n) is 15.8. The van der Waals surface area contributed by atoms with E-state index in [-0.39, 0.29) is 5.56 Å². The van der Waals surface area contributed by atoms with Gasteiger partial charge in [0, 0.05) is 12.1 Å². The molecule has 0 bridgehead atoms. The van der Waals surface area contributed by atoms with Crippen LogP contribution >= 0.6 is 0 Å². The molecule has 4 aromatic rings. The van der Waals surface area contributed by atoms with E-state index in [0.29, 0.717) is 21.4 Å². The van der Waals surface area contributed by atoms with Crippen LogP contribution < -0.4 is 4.84 Å². The average molecular weight is 401 g/mol. The largest absolute Gasteiger partial charge is 0.492 e. The molecule has 6 nitrogen and oxygen atoms in total. The molecule has 0 unspecified atom stereocenters. The Morgan fingerprint density at radius 3 is 1.57 bits per heavy atom. The molecule has 30 heavy (non-hydrogen) atoms. The lowest BCUT2D eigenvalue weighted by atomic mass is 9.80. The second kappa shape index (κ2) is 7.77. The van der Waals surface area contributed by atoms with E-state index in [0.717, 1.165) is 0 Å². The molecule has 4 rings (SSSR count). The zero-order chi connectivity index (χ0) is 21.1. The van der Waals surface area contributed by atoms with E-state index in [1.54, 1.807) is 12.1 Å². The standard InChI is InChI=1S/C24H19NO5/c26-21-15-16-22(27)25(21)30-23(28)17-11-13-20(14-12-17)24(29,18-7-3-1-4-8-18)19-9-5-2-6-10-19/h1-16,26-27,29H. The number of carbonyl (C=O) groups excluding carboxylic acids is 1. The van der Waals surface area contributed by atoms with Crippen molar-refractivity contribution in [1.29, 1.82) is 0 Å². The minimum Gasteiger partial charge on any atom is -0.492 e. The molecule has 0 aliphatic carbocycles. The molecule has 3 aromatic carbocycles. The molecule has 6 heteroatoms. The van der Waals surface area contributed by atoms with Gasteiger partial charge in [0.05, 0.1) is 5.56 Å². The van der Waals surface area contributed by atoms with Crippen molar-refractivity contribution in [3.05, 3.63) is 119 Å².